The molecule has 12 heavy (non-hydrogen) atoms. The van der Waals surface area contributed by atoms with Crippen molar-refractivity contribution < 1.29 is 4.79 Å². The Balaban J connectivity index is 3.28. The molecule has 0 aliphatic rings. The monoisotopic (exact) mass is 226 g/mol. The van der Waals surface area contributed by atoms with Gasteiger partial charge in [-0.1, -0.05) is 5.11 Å². The second kappa shape index (κ2) is 3.85. The minimum atomic E-state index is 0.127. The van der Waals surface area contributed by atoms with Crippen molar-refractivity contribution in [3.8, 4) is 0 Å². The van der Waals surface area contributed by atoms with Gasteiger partial charge in [-0.3, -0.25) is 4.79 Å². The van der Waals surface area contributed by atoms with E-state index in [4.69, 9.17) is 5.53 Å². The first-order valence-electron chi connectivity index (χ1n) is 2.94. The SMILES string of the molecule is [N-]=[N+]=Nc1ccc(Br)nc1C=O. The van der Waals surface area contributed by atoms with Crippen molar-refractivity contribution in [1.29, 1.82) is 0 Å². The van der Waals surface area contributed by atoms with Crippen LogP contribution in [-0.2, 0) is 0 Å². The summed E-state index contributed by atoms with van der Waals surface area (Å²) in [4.78, 5) is 16.7. The minimum absolute atomic E-state index is 0.127. The lowest BCUT2D eigenvalue weighted by atomic mass is 10.3. The lowest BCUT2D eigenvalue weighted by molar-refractivity contribution is 0.111. The molecule has 0 bridgehead atoms. The second-order valence-corrected chi connectivity index (χ2v) is 2.66. The van der Waals surface area contributed by atoms with Crippen LogP contribution in [0.3, 0.4) is 0 Å². The topological polar surface area (TPSA) is 78.7 Å². The van der Waals surface area contributed by atoms with Crippen LogP contribution in [0.25, 0.3) is 10.4 Å². The molecule has 0 spiro atoms. The maximum atomic E-state index is 10.4. The average Bonchev–Trinajstić information content (AvgIpc) is 2.08. The summed E-state index contributed by atoms with van der Waals surface area (Å²) < 4.78 is 0.529. The van der Waals surface area contributed by atoms with Crippen LogP contribution < -0.4 is 0 Å². The molecule has 0 saturated heterocycles. The third-order valence-electron chi connectivity index (χ3n) is 1.13. The molecule has 0 aliphatic carbocycles. The number of aldehydes is 1. The van der Waals surface area contributed by atoms with Crippen LogP contribution in [0, 0.1) is 0 Å². The summed E-state index contributed by atoms with van der Waals surface area (Å²) in [5, 5.41) is 3.28. The van der Waals surface area contributed by atoms with Crippen molar-refractivity contribution in [3.63, 3.8) is 0 Å². The number of pyridine rings is 1. The van der Waals surface area contributed by atoms with Crippen LogP contribution >= 0.6 is 15.9 Å². The average molecular weight is 227 g/mol. The van der Waals surface area contributed by atoms with E-state index in [1.807, 2.05) is 0 Å². The third kappa shape index (κ3) is 1.81. The number of halogens is 1. The predicted octanol–water partition coefficient (Wildman–Crippen LogP) is 2.60. The van der Waals surface area contributed by atoms with Gasteiger partial charge in [0, 0.05) is 4.91 Å². The largest absolute Gasteiger partial charge is 0.296 e. The molecule has 0 unspecified atom stereocenters. The van der Waals surface area contributed by atoms with E-state index in [1.165, 1.54) is 6.07 Å². The van der Waals surface area contributed by atoms with E-state index < -0.39 is 0 Å². The molecule has 0 N–H and O–H groups in total. The summed E-state index contributed by atoms with van der Waals surface area (Å²) in [6, 6.07) is 3.11. The van der Waals surface area contributed by atoms with Crippen LogP contribution in [0.15, 0.2) is 21.9 Å². The van der Waals surface area contributed by atoms with Gasteiger partial charge in [0.05, 0.1) is 5.69 Å². The molecule has 60 valence electrons. The number of carbonyl (C=O) groups excluding carboxylic acids is 1. The maximum absolute atomic E-state index is 10.4. The van der Waals surface area contributed by atoms with E-state index in [0.29, 0.717) is 10.9 Å². The van der Waals surface area contributed by atoms with Crippen LogP contribution in [0.5, 0.6) is 0 Å². The van der Waals surface area contributed by atoms with E-state index in [1.54, 1.807) is 6.07 Å². The Labute approximate surface area is 76.2 Å². The highest BCUT2D eigenvalue weighted by Crippen LogP contribution is 2.18. The van der Waals surface area contributed by atoms with Crippen LogP contribution in [0.2, 0.25) is 0 Å². The summed E-state index contributed by atoms with van der Waals surface area (Å²) in [5.41, 5.74) is 8.47. The molecule has 0 amide bonds. The van der Waals surface area contributed by atoms with Crippen molar-refractivity contribution in [2.75, 3.05) is 0 Å². The van der Waals surface area contributed by atoms with E-state index >= 15 is 0 Å². The Morgan fingerprint density at radius 3 is 3.00 bits per heavy atom. The first kappa shape index (κ1) is 8.70. The van der Waals surface area contributed by atoms with Crippen LogP contribution in [0.4, 0.5) is 5.69 Å². The molecule has 1 aromatic rings. The number of carbonyl (C=O) groups is 1. The lowest BCUT2D eigenvalue weighted by Gasteiger charge is -1.95. The van der Waals surface area contributed by atoms with Crippen molar-refractivity contribution in [2.24, 2.45) is 5.11 Å². The Hall–Kier alpha value is -1.39. The van der Waals surface area contributed by atoms with Crippen molar-refractivity contribution >= 4 is 27.9 Å². The summed E-state index contributed by atoms with van der Waals surface area (Å²) in [6.45, 7) is 0. The van der Waals surface area contributed by atoms with Gasteiger partial charge < -0.3 is 0 Å². The molecule has 0 saturated carbocycles. The zero-order valence-electron chi connectivity index (χ0n) is 5.81. The quantitative estimate of drug-likeness (QED) is 0.256. The van der Waals surface area contributed by atoms with Crippen molar-refractivity contribution in [1.82, 2.24) is 4.98 Å². The zero-order valence-corrected chi connectivity index (χ0v) is 7.39. The minimum Gasteiger partial charge on any atom is -0.296 e. The number of azide groups is 1. The highest BCUT2D eigenvalue weighted by atomic mass is 79.9. The Kier molecular flexibility index (Phi) is 2.79. The van der Waals surface area contributed by atoms with Gasteiger partial charge >= 0.3 is 0 Å². The molecular formula is C6H3BrN4O. The molecular weight excluding hydrogens is 224 g/mol. The molecule has 0 radical (unpaired) electrons. The maximum Gasteiger partial charge on any atom is 0.168 e. The number of nitrogens with zero attached hydrogens (tertiary/aromatic N) is 4. The van der Waals surface area contributed by atoms with Crippen molar-refractivity contribution in [3.05, 3.63) is 32.9 Å². The molecule has 5 nitrogen and oxygen atoms in total. The van der Waals surface area contributed by atoms with Crippen LogP contribution in [0.1, 0.15) is 10.5 Å². The fraction of sp³-hybridized carbons (Fsp3) is 0. The highest BCUT2D eigenvalue weighted by molar-refractivity contribution is 9.10. The van der Waals surface area contributed by atoms with Gasteiger partial charge in [-0.05, 0) is 33.6 Å². The number of hydrogen-bond acceptors (Lipinski definition) is 3. The predicted molar refractivity (Wildman–Crippen MR) is 46.1 cm³/mol. The molecule has 0 aromatic carbocycles. The Bertz CT molecular complexity index is 359. The Morgan fingerprint density at radius 2 is 2.42 bits per heavy atom. The fourth-order valence-electron chi connectivity index (χ4n) is 0.662. The van der Waals surface area contributed by atoms with Gasteiger partial charge in [-0.25, -0.2) is 4.98 Å². The lowest BCUT2D eigenvalue weighted by Crippen LogP contribution is -1.86. The van der Waals surface area contributed by atoms with Gasteiger partial charge in [0.1, 0.15) is 10.3 Å². The third-order valence-corrected chi connectivity index (χ3v) is 1.57. The second-order valence-electron chi connectivity index (χ2n) is 1.85. The van der Waals surface area contributed by atoms with E-state index in [-0.39, 0.29) is 11.4 Å². The summed E-state index contributed by atoms with van der Waals surface area (Å²) in [7, 11) is 0. The van der Waals surface area contributed by atoms with Gasteiger partial charge in [0.2, 0.25) is 0 Å². The standard InChI is InChI=1S/C6H3BrN4O/c7-6-2-1-4(10-11-8)5(3-12)9-6/h1-3H. The number of aromatic nitrogens is 1. The normalized spacial score (nSPS) is 8.75. The van der Waals surface area contributed by atoms with Gasteiger partial charge in [0.15, 0.2) is 6.29 Å². The molecule has 1 aromatic heterocycles. The number of hydrogen-bond donors (Lipinski definition) is 0. The van der Waals surface area contributed by atoms with E-state index in [2.05, 4.69) is 30.9 Å². The van der Waals surface area contributed by atoms with E-state index in [0.717, 1.165) is 0 Å². The summed E-state index contributed by atoms with van der Waals surface area (Å²) in [5.74, 6) is 0. The first-order valence-corrected chi connectivity index (χ1v) is 3.74. The summed E-state index contributed by atoms with van der Waals surface area (Å²) >= 11 is 3.08. The van der Waals surface area contributed by atoms with E-state index in [9.17, 15) is 4.79 Å². The number of rotatable bonds is 2. The van der Waals surface area contributed by atoms with Crippen LogP contribution in [-0.4, -0.2) is 11.3 Å². The van der Waals surface area contributed by atoms with Gasteiger partial charge in [-0.15, -0.1) is 0 Å². The molecule has 0 aliphatic heterocycles. The smallest absolute Gasteiger partial charge is 0.168 e. The van der Waals surface area contributed by atoms with Gasteiger partial charge in [-0.2, -0.15) is 0 Å². The fourth-order valence-corrected chi connectivity index (χ4v) is 0.985. The molecule has 0 fully saturated rings. The summed E-state index contributed by atoms with van der Waals surface area (Å²) in [6.07, 6.45) is 0.536. The molecule has 6 heteroatoms. The molecule has 0 atom stereocenters. The zero-order chi connectivity index (χ0) is 8.97. The van der Waals surface area contributed by atoms with Gasteiger partial charge in [0.25, 0.3) is 0 Å². The molecule has 1 heterocycles. The first-order chi connectivity index (χ1) is 5.77. The van der Waals surface area contributed by atoms with Crippen molar-refractivity contribution in [2.45, 2.75) is 0 Å². The Morgan fingerprint density at radius 1 is 1.67 bits per heavy atom. The molecule has 1 rings (SSSR count). The highest BCUT2D eigenvalue weighted by Gasteiger charge is 2.00.